The topological polar surface area (TPSA) is 66.4 Å². The van der Waals surface area contributed by atoms with Crippen molar-refractivity contribution in [1.29, 1.82) is 0 Å². The highest BCUT2D eigenvalue weighted by molar-refractivity contribution is 7.07. The number of rotatable bonds is 7. The number of carbonyl (C=O) groups is 2. The van der Waals surface area contributed by atoms with Crippen LogP contribution in [0.1, 0.15) is 18.4 Å². The third-order valence-electron chi connectivity index (χ3n) is 2.27. The van der Waals surface area contributed by atoms with Gasteiger partial charge in [0, 0.05) is 12.8 Å². The van der Waals surface area contributed by atoms with Gasteiger partial charge in [0.15, 0.2) is 0 Å². The van der Waals surface area contributed by atoms with Gasteiger partial charge in [-0.1, -0.05) is 0 Å². The van der Waals surface area contributed by atoms with E-state index in [0.717, 1.165) is 5.56 Å². The molecular formula is C11H13F2NO3S. The predicted octanol–water partition coefficient (Wildman–Crippen LogP) is 1.91. The van der Waals surface area contributed by atoms with Gasteiger partial charge in [0.2, 0.25) is 12.3 Å². The molecule has 4 nitrogen and oxygen atoms in total. The number of aryl methyl sites for hydroxylation is 1. The Labute approximate surface area is 107 Å². The van der Waals surface area contributed by atoms with Crippen LogP contribution < -0.4 is 5.32 Å². The maximum Gasteiger partial charge on any atom is 0.326 e. The average molecular weight is 277 g/mol. The van der Waals surface area contributed by atoms with Crippen molar-refractivity contribution >= 4 is 23.2 Å². The normalized spacial score (nSPS) is 12.4. The summed E-state index contributed by atoms with van der Waals surface area (Å²) in [6.45, 7) is 0. The monoisotopic (exact) mass is 277 g/mol. The second-order valence-corrected chi connectivity index (χ2v) is 4.50. The van der Waals surface area contributed by atoms with Crippen LogP contribution in [0.2, 0.25) is 0 Å². The van der Waals surface area contributed by atoms with Crippen LogP contribution >= 0.6 is 11.3 Å². The SMILES string of the molecule is O=C(CCc1ccsc1)NC(CC(F)F)C(=O)O. The minimum Gasteiger partial charge on any atom is -0.480 e. The Hall–Kier alpha value is -1.50. The Morgan fingerprint density at radius 1 is 1.44 bits per heavy atom. The molecule has 0 radical (unpaired) electrons. The minimum absolute atomic E-state index is 0.0871. The van der Waals surface area contributed by atoms with Crippen LogP contribution in [0.4, 0.5) is 8.78 Å². The molecule has 0 saturated heterocycles. The van der Waals surface area contributed by atoms with Crippen LogP contribution in [0.5, 0.6) is 0 Å². The zero-order valence-electron chi connectivity index (χ0n) is 9.44. The lowest BCUT2D eigenvalue weighted by Gasteiger charge is -2.13. The number of carboxylic acid groups (broad SMARTS) is 1. The van der Waals surface area contributed by atoms with E-state index in [2.05, 4.69) is 5.32 Å². The van der Waals surface area contributed by atoms with E-state index in [9.17, 15) is 18.4 Å². The number of hydrogen-bond acceptors (Lipinski definition) is 3. The highest BCUT2D eigenvalue weighted by Crippen LogP contribution is 2.09. The molecule has 0 spiro atoms. The largest absolute Gasteiger partial charge is 0.480 e. The van der Waals surface area contributed by atoms with Gasteiger partial charge in [0.25, 0.3) is 0 Å². The van der Waals surface area contributed by atoms with Gasteiger partial charge in [0.05, 0.1) is 0 Å². The number of alkyl halides is 2. The maximum absolute atomic E-state index is 12.1. The van der Waals surface area contributed by atoms with Crippen molar-refractivity contribution in [2.75, 3.05) is 0 Å². The lowest BCUT2D eigenvalue weighted by molar-refractivity contribution is -0.143. The molecule has 0 aliphatic rings. The highest BCUT2D eigenvalue weighted by Gasteiger charge is 2.23. The molecular weight excluding hydrogens is 264 g/mol. The summed E-state index contributed by atoms with van der Waals surface area (Å²) in [5.74, 6) is -1.98. The molecule has 1 heterocycles. The van der Waals surface area contributed by atoms with Crippen LogP contribution in [0.3, 0.4) is 0 Å². The first kappa shape index (κ1) is 14.6. The fourth-order valence-electron chi connectivity index (χ4n) is 1.36. The molecule has 7 heteroatoms. The summed E-state index contributed by atoms with van der Waals surface area (Å²) in [5, 5.41) is 14.5. The molecule has 1 rings (SSSR count). The van der Waals surface area contributed by atoms with Crippen LogP contribution in [0.15, 0.2) is 16.8 Å². The number of hydrogen-bond donors (Lipinski definition) is 2. The smallest absolute Gasteiger partial charge is 0.326 e. The predicted molar refractivity (Wildman–Crippen MR) is 62.8 cm³/mol. The lowest BCUT2D eigenvalue weighted by Crippen LogP contribution is -2.42. The zero-order valence-corrected chi connectivity index (χ0v) is 10.3. The fraction of sp³-hybridized carbons (Fsp3) is 0.455. The van der Waals surface area contributed by atoms with E-state index in [1.54, 1.807) is 0 Å². The van der Waals surface area contributed by atoms with E-state index in [4.69, 9.17) is 5.11 Å². The molecule has 0 bridgehead atoms. The molecule has 1 aromatic rings. The summed E-state index contributed by atoms with van der Waals surface area (Å²) in [4.78, 5) is 22.1. The zero-order chi connectivity index (χ0) is 13.5. The summed E-state index contributed by atoms with van der Waals surface area (Å²) < 4.78 is 24.2. The van der Waals surface area contributed by atoms with Crippen molar-refractivity contribution in [2.24, 2.45) is 0 Å². The fourth-order valence-corrected chi connectivity index (χ4v) is 2.06. The van der Waals surface area contributed by atoms with Gasteiger partial charge in [0.1, 0.15) is 6.04 Å². The molecule has 100 valence electrons. The second kappa shape index (κ2) is 7.05. The first-order chi connectivity index (χ1) is 8.49. The van der Waals surface area contributed by atoms with Gasteiger partial charge in [-0.25, -0.2) is 13.6 Å². The van der Waals surface area contributed by atoms with E-state index in [1.165, 1.54) is 11.3 Å². The molecule has 18 heavy (non-hydrogen) atoms. The first-order valence-electron chi connectivity index (χ1n) is 5.30. The Morgan fingerprint density at radius 2 is 2.17 bits per heavy atom. The first-order valence-corrected chi connectivity index (χ1v) is 6.24. The standard InChI is InChI=1S/C11H13F2NO3S/c12-9(13)5-8(11(16)17)14-10(15)2-1-7-3-4-18-6-7/h3-4,6,8-9H,1-2,5H2,(H,14,15)(H,16,17). The third kappa shape index (κ3) is 5.22. The number of carbonyl (C=O) groups excluding carboxylic acids is 1. The minimum atomic E-state index is -2.76. The van der Waals surface area contributed by atoms with Crippen molar-refractivity contribution in [3.05, 3.63) is 22.4 Å². The summed E-state index contributed by atoms with van der Waals surface area (Å²) in [6, 6.07) is 0.325. The van der Waals surface area contributed by atoms with Gasteiger partial charge in [-0.2, -0.15) is 11.3 Å². The Kier molecular flexibility index (Phi) is 5.70. The van der Waals surface area contributed by atoms with E-state index in [-0.39, 0.29) is 6.42 Å². The molecule has 1 aromatic heterocycles. The number of thiophene rings is 1. The Bertz CT molecular complexity index is 395. The molecule has 1 amide bonds. The maximum atomic E-state index is 12.1. The van der Waals surface area contributed by atoms with Crippen molar-refractivity contribution in [3.63, 3.8) is 0 Å². The van der Waals surface area contributed by atoms with E-state index in [1.807, 2.05) is 16.8 Å². The summed E-state index contributed by atoms with van der Waals surface area (Å²) in [6.07, 6.45) is -3.08. The Morgan fingerprint density at radius 3 is 2.67 bits per heavy atom. The van der Waals surface area contributed by atoms with Crippen LogP contribution in [0.25, 0.3) is 0 Å². The lowest BCUT2D eigenvalue weighted by atomic mass is 10.1. The van der Waals surface area contributed by atoms with Crippen molar-refractivity contribution < 1.29 is 23.5 Å². The quantitative estimate of drug-likeness (QED) is 0.800. The van der Waals surface area contributed by atoms with Crippen molar-refractivity contribution in [3.8, 4) is 0 Å². The van der Waals surface area contributed by atoms with Gasteiger partial charge in [-0.05, 0) is 28.8 Å². The average Bonchev–Trinajstić information content (AvgIpc) is 2.77. The number of halogens is 2. The molecule has 2 N–H and O–H groups in total. The van der Waals surface area contributed by atoms with Gasteiger partial charge in [-0.3, -0.25) is 4.79 Å². The molecule has 0 aliphatic carbocycles. The van der Waals surface area contributed by atoms with E-state index < -0.39 is 30.8 Å². The summed E-state index contributed by atoms with van der Waals surface area (Å²) in [7, 11) is 0. The number of carboxylic acids is 1. The van der Waals surface area contributed by atoms with Crippen molar-refractivity contribution in [2.45, 2.75) is 31.7 Å². The van der Waals surface area contributed by atoms with Gasteiger partial charge in [-0.15, -0.1) is 0 Å². The number of aliphatic carboxylic acids is 1. The molecule has 0 fully saturated rings. The number of amides is 1. The molecule has 1 unspecified atom stereocenters. The molecule has 0 aromatic carbocycles. The van der Waals surface area contributed by atoms with Gasteiger partial charge >= 0.3 is 5.97 Å². The Balaban J connectivity index is 2.39. The summed E-state index contributed by atoms with van der Waals surface area (Å²) in [5.41, 5.74) is 0.968. The van der Waals surface area contributed by atoms with Crippen LogP contribution in [0, 0.1) is 0 Å². The third-order valence-corrected chi connectivity index (χ3v) is 3.00. The highest BCUT2D eigenvalue weighted by atomic mass is 32.1. The molecule has 0 saturated carbocycles. The molecule has 1 atom stereocenters. The van der Waals surface area contributed by atoms with Crippen molar-refractivity contribution in [1.82, 2.24) is 5.32 Å². The number of nitrogens with one attached hydrogen (secondary N) is 1. The van der Waals surface area contributed by atoms with Gasteiger partial charge < -0.3 is 10.4 Å². The molecule has 0 aliphatic heterocycles. The summed E-state index contributed by atoms with van der Waals surface area (Å²) >= 11 is 1.49. The van der Waals surface area contributed by atoms with Crippen LogP contribution in [-0.4, -0.2) is 29.5 Å². The van der Waals surface area contributed by atoms with Crippen LogP contribution in [-0.2, 0) is 16.0 Å². The second-order valence-electron chi connectivity index (χ2n) is 3.72. The van der Waals surface area contributed by atoms with E-state index >= 15 is 0 Å². The van der Waals surface area contributed by atoms with E-state index in [0.29, 0.717) is 6.42 Å².